The van der Waals surface area contributed by atoms with E-state index >= 15 is 0 Å². The monoisotopic (exact) mass is 386 g/mol. The van der Waals surface area contributed by atoms with Gasteiger partial charge >= 0.3 is 0 Å². The minimum atomic E-state index is 0.0304. The average Bonchev–Trinajstić information content (AvgIpc) is 3.13. The third-order valence-electron chi connectivity index (χ3n) is 3.57. The Morgan fingerprint density at radius 2 is 2.04 bits per heavy atom. The molecule has 0 aliphatic heterocycles. The highest BCUT2D eigenvalue weighted by molar-refractivity contribution is 6.32. The Morgan fingerprint density at radius 3 is 2.74 bits per heavy atom. The first-order valence-corrected chi connectivity index (χ1v) is 8.55. The summed E-state index contributed by atoms with van der Waals surface area (Å²) in [5.74, 6) is 6.77. The summed E-state index contributed by atoms with van der Waals surface area (Å²) < 4.78 is 11.0. The fraction of sp³-hybridized carbons (Fsp3) is 0.167. The van der Waals surface area contributed by atoms with Crippen molar-refractivity contribution >= 4 is 17.4 Å². The summed E-state index contributed by atoms with van der Waals surface area (Å²) in [6.07, 6.45) is 0.0304. The van der Waals surface area contributed by atoms with Crippen molar-refractivity contribution in [3.63, 3.8) is 0 Å². The lowest BCUT2D eigenvalue weighted by atomic mass is 10.1. The van der Waals surface area contributed by atoms with Gasteiger partial charge in [0.25, 0.3) is 5.89 Å². The Labute approximate surface area is 161 Å². The van der Waals surface area contributed by atoms with Crippen molar-refractivity contribution in [2.75, 3.05) is 0 Å². The summed E-state index contributed by atoms with van der Waals surface area (Å²) in [4.78, 5) is 4.43. The summed E-state index contributed by atoms with van der Waals surface area (Å²) in [6.45, 7) is 3.87. The number of halogens is 1. The lowest BCUT2D eigenvalue weighted by molar-refractivity contribution is 0.242. The van der Waals surface area contributed by atoms with E-state index in [9.17, 15) is 0 Å². The van der Waals surface area contributed by atoms with E-state index < -0.39 is 0 Å². The summed E-state index contributed by atoms with van der Waals surface area (Å²) in [5.41, 5.74) is 10.1. The van der Waals surface area contributed by atoms with Crippen LogP contribution in [0, 0.1) is 0 Å². The smallest absolute Gasteiger partial charge is 0.258 e. The maximum atomic E-state index is 6.28. The Kier molecular flexibility index (Phi) is 5.58. The first-order valence-electron chi connectivity index (χ1n) is 8.17. The molecule has 140 valence electrons. The number of hydrogen-bond acceptors (Lipinski definition) is 7. The molecule has 0 atom stereocenters. The second-order valence-electron chi connectivity index (χ2n) is 5.94. The van der Waals surface area contributed by atoms with E-state index in [0.29, 0.717) is 33.6 Å². The van der Waals surface area contributed by atoms with Crippen LogP contribution in [0.25, 0.3) is 22.8 Å². The molecule has 0 aliphatic carbocycles. The van der Waals surface area contributed by atoms with Crippen molar-refractivity contribution in [3.05, 3.63) is 53.1 Å². The standard InChI is InChI=1S/C18H19ClN6O2/c1-10(2)26-15-7-6-12(9-14(15)19)17-22-18(27-24-17)13-5-3-4-11(8-13)16(20)23-25-21/h3-10,25H,21H2,1-2H3,(H2,20,23). The zero-order chi connectivity index (χ0) is 19.4. The molecule has 1 heterocycles. The van der Waals surface area contributed by atoms with Crippen LogP contribution in [0.15, 0.2) is 52.1 Å². The predicted octanol–water partition coefficient (Wildman–Crippen LogP) is 2.93. The molecule has 0 spiro atoms. The third-order valence-corrected chi connectivity index (χ3v) is 3.86. The van der Waals surface area contributed by atoms with Gasteiger partial charge in [0.05, 0.1) is 11.1 Å². The van der Waals surface area contributed by atoms with Gasteiger partial charge in [-0.15, -0.1) is 5.10 Å². The number of aromatic nitrogens is 2. The van der Waals surface area contributed by atoms with Gasteiger partial charge in [-0.3, -0.25) is 0 Å². The largest absolute Gasteiger partial charge is 0.489 e. The molecule has 0 saturated heterocycles. The summed E-state index contributed by atoms with van der Waals surface area (Å²) in [7, 11) is 0. The van der Waals surface area contributed by atoms with E-state index in [0.717, 1.165) is 5.56 Å². The number of benzene rings is 2. The highest BCUT2D eigenvalue weighted by Crippen LogP contribution is 2.31. The SMILES string of the molecule is CC(C)Oc1ccc(-c2noc(-c3cccc(/C(N)=N/NN)c3)n2)cc1Cl. The van der Waals surface area contributed by atoms with Crippen LogP contribution in [0.5, 0.6) is 5.75 Å². The highest BCUT2D eigenvalue weighted by Gasteiger charge is 2.14. The molecule has 3 rings (SSSR count). The second kappa shape index (κ2) is 8.07. The molecule has 0 saturated carbocycles. The van der Waals surface area contributed by atoms with Crippen molar-refractivity contribution in [1.82, 2.24) is 15.7 Å². The van der Waals surface area contributed by atoms with E-state index in [1.165, 1.54) is 0 Å². The van der Waals surface area contributed by atoms with Crippen LogP contribution < -0.4 is 21.8 Å². The number of hydrazine groups is 1. The average molecular weight is 387 g/mol. The van der Waals surface area contributed by atoms with Crippen molar-refractivity contribution in [3.8, 4) is 28.6 Å². The molecule has 5 N–H and O–H groups in total. The summed E-state index contributed by atoms with van der Waals surface area (Å²) in [6, 6.07) is 12.6. The van der Waals surface area contributed by atoms with Gasteiger partial charge in [0.15, 0.2) is 5.84 Å². The number of hydrazone groups is 1. The third kappa shape index (κ3) is 4.36. The first kappa shape index (κ1) is 18.7. The van der Waals surface area contributed by atoms with Crippen molar-refractivity contribution < 1.29 is 9.26 Å². The maximum absolute atomic E-state index is 6.28. The molecule has 3 aromatic rings. The molecule has 9 heteroatoms. The van der Waals surface area contributed by atoms with E-state index in [2.05, 4.69) is 20.8 Å². The van der Waals surface area contributed by atoms with Gasteiger partial charge in [0.2, 0.25) is 5.82 Å². The number of amidine groups is 1. The zero-order valence-electron chi connectivity index (χ0n) is 14.8. The quantitative estimate of drug-likeness (QED) is 0.257. The Morgan fingerprint density at radius 1 is 1.22 bits per heavy atom. The minimum Gasteiger partial charge on any atom is -0.489 e. The van der Waals surface area contributed by atoms with Gasteiger partial charge in [0, 0.05) is 16.7 Å². The zero-order valence-corrected chi connectivity index (χ0v) is 15.6. The predicted molar refractivity (Wildman–Crippen MR) is 104 cm³/mol. The van der Waals surface area contributed by atoms with Crippen molar-refractivity contribution in [1.29, 1.82) is 0 Å². The van der Waals surface area contributed by atoms with Gasteiger partial charge in [-0.25, -0.2) is 11.4 Å². The number of hydrogen-bond donors (Lipinski definition) is 3. The van der Waals surface area contributed by atoms with E-state index in [1.54, 1.807) is 24.3 Å². The molecule has 0 radical (unpaired) electrons. The number of nitrogens with one attached hydrogen (secondary N) is 1. The van der Waals surface area contributed by atoms with Crippen LogP contribution in [-0.4, -0.2) is 22.1 Å². The molecule has 8 nitrogen and oxygen atoms in total. The summed E-state index contributed by atoms with van der Waals surface area (Å²) >= 11 is 6.28. The van der Waals surface area contributed by atoms with Crippen LogP contribution >= 0.6 is 11.6 Å². The maximum Gasteiger partial charge on any atom is 0.258 e. The first-order chi connectivity index (χ1) is 13.0. The molecular formula is C18H19ClN6O2. The molecule has 0 bridgehead atoms. The molecule has 0 fully saturated rings. The Balaban J connectivity index is 1.88. The van der Waals surface area contributed by atoms with Gasteiger partial charge in [-0.2, -0.15) is 4.98 Å². The molecule has 1 aromatic heterocycles. The van der Waals surface area contributed by atoms with E-state index in [1.807, 2.05) is 32.0 Å². The van der Waals surface area contributed by atoms with Crippen molar-refractivity contribution in [2.45, 2.75) is 20.0 Å². The second-order valence-corrected chi connectivity index (χ2v) is 6.35. The van der Waals surface area contributed by atoms with Crippen LogP contribution in [0.2, 0.25) is 5.02 Å². The van der Waals surface area contributed by atoms with Gasteiger partial charge in [-0.05, 0) is 44.2 Å². The fourth-order valence-corrected chi connectivity index (χ4v) is 2.62. The number of nitrogens with zero attached hydrogens (tertiary/aromatic N) is 3. The van der Waals surface area contributed by atoms with Crippen LogP contribution in [0.3, 0.4) is 0 Å². The minimum absolute atomic E-state index is 0.0304. The molecule has 2 aromatic carbocycles. The van der Waals surface area contributed by atoms with Crippen LogP contribution in [0.4, 0.5) is 0 Å². The van der Waals surface area contributed by atoms with Crippen LogP contribution in [-0.2, 0) is 0 Å². The summed E-state index contributed by atoms with van der Waals surface area (Å²) in [5, 5.41) is 8.26. The fourth-order valence-electron chi connectivity index (χ4n) is 2.39. The number of ether oxygens (including phenoxy) is 1. The van der Waals surface area contributed by atoms with Gasteiger partial charge < -0.3 is 15.0 Å². The number of nitrogens with two attached hydrogens (primary N) is 2. The molecule has 0 aliphatic rings. The molecule has 0 amide bonds. The van der Waals surface area contributed by atoms with Gasteiger partial charge in [0.1, 0.15) is 5.75 Å². The van der Waals surface area contributed by atoms with E-state index in [-0.39, 0.29) is 11.9 Å². The van der Waals surface area contributed by atoms with Gasteiger partial charge in [-0.1, -0.05) is 28.9 Å². The lowest BCUT2D eigenvalue weighted by Crippen LogP contribution is -2.22. The lowest BCUT2D eigenvalue weighted by Gasteiger charge is -2.11. The Hall–Kier alpha value is -3.10. The highest BCUT2D eigenvalue weighted by atomic mass is 35.5. The molecular weight excluding hydrogens is 368 g/mol. The molecule has 0 unspecified atom stereocenters. The molecule has 27 heavy (non-hydrogen) atoms. The Bertz CT molecular complexity index is 970. The topological polar surface area (TPSA) is 125 Å². The normalized spacial score (nSPS) is 11.7. The van der Waals surface area contributed by atoms with E-state index in [4.69, 9.17) is 32.4 Å². The van der Waals surface area contributed by atoms with Crippen molar-refractivity contribution in [2.24, 2.45) is 16.7 Å². The number of rotatable bonds is 6. The van der Waals surface area contributed by atoms with Crippen LogP contribution in [0.1, 0.15) is 19.4 Å².